The molecule has 1 amide bonds. The normalized spacial score (nSPS) is 18.7. The zero-order valence-corrected chi connectivity index (χ0v) is 16.9. The smallest absolute Gasteiger partial charge is 0.270 e. The third-order valence-corrected chi connectivity index (χ3v) is 5.97. The lowest BCUT2D eigenvalue weighted by Gasteiger charge is -2.29. The molecular formula is C22H23N3OS. The first kappa shape index (κ1) is 18.0. The summed E-state index contributed by atoms with van der Waals surface area (Å²) in [5.41, 5.74) is 4.52. The number of benzene rings is 2. The Bertz CT molecular complexity index is 954. The van der Waals surface area contributed by atoms with Crippen molar-refractivity contribution in [3.63, 3.8) is 0 Å². The van der Waals surface area contributed by atoms with E-state index in [1.807, 2.05) is 36.1 Å². The van der Waals surface area contributed by atoms with E-state index < -0.39 is 0 Å². The SMILES string of the molecule is CC1C(=O)N=C2c3ccccc3N=C(SCc3ccc(C(C)(C)C)cc3)N21. The zero-order chi connectivity index (χ0) is 19.2. The largest absolute Gasteiger partial charge is 0.292 e. The average Bonchev–Trinajstić information content (AvgIpc) is 2.95. The van der Waals surface area contributed by atoms with Crippen LogP contribution >= 0.6 is 11.8 Å². The number of nitrogens with zero attached hydrogens (tertiary/aromatic N) is 3. The van der Waals surface area contributed by atoms with Crippen LogP contribution in [0.25, 0.3) is 0 Å². The Morgan fingerprint density at radius 3 is 2.44 bits per heavy atom. The van der Waals surface area contributed by atoms with Gasteiger partial charge in [-0.15, -0.1) is 0 Å². The number of amidine groups is 2. The van der Waals surface area contributed by atoms with Crippen molar-refractivity contribution in [1.29, 1.82) is 0 Å². The van der Waals surface area contributed by atoms with Crippen molar-refractivity contribution in [2.75, 3.05) is 0 Å². The first-order chi connectivity index (χ1) is 12.8. The molecule has 0 spiro atoms. The van der Waals surface area contributed by atoms with Gasteiger partial charge in [0.25, 0.3) is 5.91 Å². The van der Waals surface area contributed by atoms with Gasteiger partial charge in [0.05, 0.1) is 5.69 Å². The van der Waals surface area contributed by atoms with E-state index in [4.69, 9.17) is 4.99 Å². The lowest BCUT2D eigenvalue weighted by molar-refractivity contribution is -0.119. The third kappa shape index (κ3) is 3.32. The van der Waals surface area contributed by atoms with E-state index in [-0.39, 0.29) is 17.4 Å². The molecule has 2 aromatic rings. The summed E-state index contributed by atoms with van der Waals surface area (Å²) in [4.78, 5) is 23.3. The van der Waals surface area contributed by atoms with E-state index in [1.165, 1.54) is 11.1 Å². The highest BCUT2D eigenvalue weighted by atomic mass is 32.2. The van der Waals surface area contributed by atoms with Crippen LogP contribution in [0.4, 0.5) is 5.69 Å². The standard InChI is InChI=1S/C22H23N3OS/c1-14-20(26)24-19-17-7-5-6-8-18(17)23-21(25(14)19)27-13-15-9-11-16(12-10-15)22(2,3)4/h5-12,14H,13H2,1-4H3. The van der Waals surface area contributed by atoms with Gasteiger partial charge in [-0.05, 0) is 35.6 Å². The number of fused-ring (bicyclic) bond motifs is 3. The Morgan fingerprint density at radius 1 is 1.04 bits per heavy atom. The number of hydrogen-bond donors (Lipinski definition) is 0. The van der Waals surface area contributed by atoms with Crippen LogP contribution in [-0.2, 0) is 16.0 Å². The Kier molecular flexibility index (Phi) is 4.42. The molecule has 27 heavy (non-hydrogen) atoms. The molecule has 0 aromatic heterocycles. The van der Waals surface area contributed by atoms with Crippen LogP contribution in [0.15, 0.2) is 58.5 Å². The Morgan fingerprint density at radius 2 is 1.74 bits per heavy atom. The van der Waals surface area contributed by atoms with Crippen molar-refractivity contribution >= 4 is 34.4 Å². The van der Waals surface area contributed by atoms with Crippen molar-refractivity contribution in [1.82, 2.24) is 4.90 Å². The van der Waals surface area contributed by atoms with E-state index >= 15 is 0 Å². The van der Waals surface area contributed by atoms with Gasteiger partial charge in [-0.3, -0.25) is 9.69 Å². The molecule has 0 N–H and O–H groups in total. The van der Waals surface area contributed by atoms with Gasteiger partial charge in [0, 0.05) is 11.3 Å². The van der Waals surface area contributed by atoms with Gasteiger partial charge in [-0.2, -0.15) is 4.99 Å². The van der Waals surface area contributed by atoms with Gasteiger partial charge in [-0.25, -0.2) is 4.99 Å². The number of carbonyl (C=O) groups excluding carboxylic acids is 1. The lowest BCUT2D eigenvalue weighted by Crippen LogP contribution is -2.41. The quantitative estimate of drug-likeness (QED) is 0.748. The summed E-state index contributed by atoms with van der Waals surface area (Å²) in [6.45, 7) is 8.55. The van der Waals surface area contributed by atoms with E-state index in [0.29, 0.717) is 0 Å². The molecule has 0 saturated heterocycles. The number of thioether (sulfide) groups is 1. The van der Waals surface area contributed by atoms with E-state index in [9.17, 15) is 4.79 Å². The molecule has 0 aliphatic carbocycles. The molecule has 2 aromatic carbocycles. The monoisotopic (exact) mass is 377 g/mol. The highest BCUT2D eigenvalue weighted by molar-refractivity contribution is 8.13. The maximum atomic E-state index is 12.2. The van der Waals surface area contributed by atoms with Crippen molar-refractivity contribution in [2.24, 2.45) is 9.98 Å². The Labute approximate surface area is 164 Å². The number of hydrogen-bond acceptors (Lipinski definition) is 4. The number of aliphatic imine (C=N–C) groups is 2. The second-order valence-electron chi connectivity index (χ2n) is 7.97. The minimum absolute atomic E-state index is 0.107. The third-order valence-electron chi connectivity index (χ3n) is 4.94. The minimum atomic E-state index is -0.303. The van der Waals surface area contributed by atoms with Crippen LogP contribution in [0.3, 0.4) is 0 Å². The van der Waals surface area contributed by atoms with Gasteiger partial charge in [-0.1, -0.05) is 68.9 Å². The van der Waals surface area contributed by atoms with Crippen molar-refractivity contribution in [3.05, 3.63) is 65.2 Å². The second-order valence-corrected chi connectivity index (χ2v) is 8.91. The maximum absolute atomic E-state index is 12.2. The molecule has 2 aliphatic rings. The molecule has 0 fully saturated rings. The molecule has 1 unspecified atom stereocenters. The molecule has 1 atom stereocenters. The predicted octanol–water partition coefficient (Wildman–Crippen LogP) is 4.90. The second kappa shape index (κ2) is 6.64. The van der Waals surface area contributed by atoms with Crippen LogP contribution in [0.2, 0.25) is 0 Å². The Hall–Kier alpha value is -2.40. The topological polar surface area (TPSA) is 45.0 Å². The summed E-state index contributed by atoms with van der Waals surface area (Å²) in [6.07, 6.45) is 0. The van der Waals surface area contributed by atoms with Gasteiger partial charge >= 0.3 is 0 Å². The van der Waals surface area contributed by atoms with Gasteiger partial charge in [0.1, 0.15) is 11.9 Å². The number of carbonyl (C=O) groups is 1. The predicted molar refractivity (Wildman–Crippen MR) is 113 cm³/mol. The van der Waals surface area contributed by atoms with Crippen molar-refractivity contribution in [3.8, 4) is 0 Å². The van der Waals surface area contributed by atoms with E-state index in [1.54, 1.807) is 11.8 Å². The highest BCUT2D eigenvalue weighted by Crippen LogP contribution is 2.35. The highest BCUT2D eigenvalue weighted by Gasteiger charge is 2.38. The number of para-hydroxylation sites is 1. The fourth-order valence-electron chi connectivity index (χ4n) is 3.26. The molecule has 5 heteroatoms. The van der Waals surface area contributed by atoms with Gasteiger partial charge in [0.2, 0.25) is 0 Å². The van der Waals surface area contributed by atoms with E-state index in [0.717, 1.165) is 28.0 Å². The molecule has 2 aliphatic heterocycles. The first-order valence-corrected chi connectivity index (χ1v) is 10.2. The van der Waals surface area contributed by atoms with Crippen molar-refractivity contribution in [2.45, 2.75) is 44.9 Å². The molecule has 0 radical (unpaired) electrons. The van der Waals surface area contributed by atoms with Crippen LogP contribution in [-0.4, -0.2) is 27.9 Å². The van der Waals surface area contributed by atoms with Crippen LogP contribution < -0.4 is 0 Å². The van der Waals surface area contributed by atoms with Crippen LogP contribution in [0.1, 0.15) is 44.4 Å². The molecule has 0 bridgehead atoms. The fourth-order valence-corrected chi connectivity index (χ4v) is 4.29. The molecule has 0 saturated carbocycles. The first-order valence-electron chi connectivity index (χ1n) is 9.17. The summed E-state index contributed by atoms with van der Waals surface area (Å²) in [5.74, 6) is 1.42. The summed E-state index contributed by atoms with van der Waals surface area (Å²) < 4.78 is 0. The summed E-state index contributed by atoms with van der Waals surface area (Å²) in [5, 5.41) is 0.839. The number of rotatable bonds is 2. The van der Waals surface area contributed by atoms with Crippen LogP contribution in [0, 0.1) is 0 Å². The zero-order valence-electron chi connectivity index (χ0n) is 16.1. The van der Waals surface area contributed by atoms with E-state index in [2.05, 4.69) is 50.0 Å². The lowest BCUT2D eigenvalue weighted by atomic mass is 9.87. The summed E-state index contributed by atoms with van der Waals surface area (Å²) in [6, 6.07) is 16.3. The molecule has 2 heterocycles. The molecule has 4 rings (SSSR count). The minimum Gasteiger partial charge on any atom is -0.292 e. The van der Waals surface area contributed by atoms with Gasteiger partial charge < -0.3 is 0 Å². The molecule has 4 nitrogen and oxygen atoms in total. The maximum Gasteiger partial charge on any atom is 0.270 e. The fraction of sp³-hybridized carbons (Fsp3) is 0.318. The summed E-state index contributed by atoms with van der Waals surface area (Å²) >= 11 is 1.65. The average molecular weight is 378 g/mol. The van der Waals surface area contributed by atoms with Gasteiger partial charge in [0.15, 0.2) is 5.17 Å². The number of amides is 1. The molecular weight excluding hydrogens is 354 g/mol. The van der Waals surface area contributed by atoms with Crippen molar-refractivity contribution < 1.29 is 4.79 Å². The summed E-state index contributed by atoms with van der Waals surface area (Å²) in [7, 11) is 0. The Balaban J connectivity index is 1.59. The van der Waals surface area contributed by atoms with Crippen LogP contribution in [0.5, 0.6) is 0 Å². The molecule has 138 valence electrons.